The number of aliphatic hydroxyl groups is 1. The Labute approximate surface area is 109 Å². The van der Waals surface area contributed by atoms with E-state index < -0.39 is 5.60 Å². The molecule has 1 heterocycles. The van der Waals surface area contributed by atoms with Crippen molar-refractivity contribution >= 4 is 6.09 Å². The summed E-state index contributed by atoms with van der Waals surface area (Å²) < 4.78 is 10.9. The van der Waals surface area contributed by atoms with Crippen molar-refractivity contribution in [2.75, 3.05) is 26.3 Å². The predicted molar refractivity (Wildman–Crippen MR) is 68.4 cm³/mol. The number of ether oxygens (including phenoxy) is 2. The van der Waals surface area contributed by atoms with Crippen LogP contribution in [0.5, 0.6) is 0 Å². The Morgan fingerprint density at radius 2 is 2.06 bits per heavy atom. The summed E-state index contributed by atoms with van der Waals surface area (Å²) in [6.07, 6.45) is 0.624. The van der Waals surface area contributed by atoms with E-state index in [-0.39, 0.29) is 18.8 Å². The number of piperidine rings is 1. The summed E-state index contributed by atoms with van der Waals surface area (Å²) in [6, 6.07) is 0. The lowest BCUT2D eigenvalue weighted by Gasteiger charge is -2.37. The van der Waals surface area contributed by atoms with Gasteiger partial charge in [-0.25, -0.2) is 4.79 Å². The van der Waals surface area contributed by atoms with Crippen LogP contribution in [0.2, 0.25) is 0 Å². The highest BCUT2D eigenvalue weighted by Gasteiger charge is 2.31. The van der Waals surface area contributed by atoms with Gasteiger partial charge in [0.15, 0.2) is 0 Å². The van der Waals surface area contributed by atoms with Gasteiger partial charge < -0.3 is 19.5 Å². The minimum Gasteiger partial charge on any atom is -0.444 e. The molecule has 1 rings (SSSR count). The molecule has 1 aliphatic rings. The number of hydrogen-bond acceptors (Lipinski definition) is 4. The molecule has 0 aromatic carbocycles. The Kier molecular flexibility index (Phi) is 5.41. The zero-order valence-electron chi connectivity index (χ0n) is 11.8. The van der Waals surface area contributed by atoms with Gasteiger partial charge in [-0.15, -0.1) is 0 Å². The van der Waals surface area contributed by atoms with Crippen LogP contribution in [0.15, 0.2) is 0 Å². The van der Waals surface area contributed by atoms with Crippen LogP contribution < -0.4 is 0 Å². The molecule has 1 aliphatic heterocycles. The highest BCUT2D eigenvalue weighted by molar-refractivity contribution is 5.68. The minimum absolute atomic E-state index is 0.00609. The van der Waals surface area contributed by atoms with Crippen molar-refractivity contribution in [2.24, 2.45) is 5.92 Å². The smallest absolute Gasteiger partial charge is 0.410 e. The first-order valence-electron chi connectivity index (χ1n) is 6.52. The van der Waals surface area contributed by atoms with Crippen molar-refractivity contribution in [3.8, 4) is 0 Å². The second kappa shape index (κ2) is 6.38. The summed E-state index contributed by atoms with van der Waals surface area (Å²) in [6.45, 7) is 9.24. The molecule has 1 saturated heterocycles. The van der Waals surface area contributed by atoms with E-state index in [4.69, 9.17) is 14.6 Å². The number of carbonyl (C=O) groups is 1. The Bertz CT molecular complexity index is 275. The van der Waals surface area contributed by atoms with Crippen LogP contribution in [0.3, 0.4) is 0 Å². The van der Waals surface area contributed by atoms with Crippen LogP contribution in [-0.2, 0) is 9.47 Å². The highest BCUT2D eigenvalue weighted by atomic mass is 16.6. The molecule has 0 aromatic rings. The number of carbonyl (C=O) groups excluding carboxylic acids is 1. The van der Waals surface area contributed by atoms with Gasteiger partial charge in [-0.3, -0.25) is 0 Å². The average molecular weight is 259 g/mol. The SMILES string of the molecule is CC1CC(OCCO)CN(C(=O)OC(C)(C)C)C1. The van der Waals surface area contributed by atoms with E-state index in [0.717, 1.165) is 6.42 Å². The molecule has 1 N–H and O–H groups in total. The average Bonchev–Trinajstić information content (AvgIpc) is 2.23. The molecule has 0 bridgehead atoms. The molecular formula is C13H25NO4. The predicted octanol–water partition coefficient (Wildman–Crippen LogP) is 1.64. The second-order valence-corrected chi connectivity index (χ2v) is 5.94. The Morgan fingerprint density at radius 1 is 1.39 bits per heavy atom. The van der Waals surface area contributed by atoms with Gasteiger partial charge in [-0.05, 0) is 33.1 Å². The summed E-state index contributed by atoms with van der Waals surface area (Å²) in [5.41, 5.74) is -0.473. The number of nitrogens with zero attached hydrogens (tertiary/aromatic N) is 1. The molecule has 0 radical (unpaired) electrons. The van der Waals surface area contributed by atoms with E-state index in [9.17, 15) is 4.79 Å². The van der Waals surface area contributed by atoms with Gasteiger partial charge in [-0.2, -0.15) is 0 Å². The van der Waals surface area contributed by atoms with Crippen LogP contribution >= 0.6 is 0 Å². The molecule has 5 nitrogen and oxygen atoms in total. The quantitative estimate of drug-likeness (QED) is 0.837. The first-order chi connectivity index (χ1) is 8.31. The maximum absolute atomic E-state index is 12.0. The molecule has 2 atom stereocenters. The Balaban J connectivity index is 2.52. The molecule has 0 spiro atoms. The standard InChI is InChI=1S/C13H25NO4/c1-10-7-11(17-6-5-15)9-14(8-10)12(16)18-13(2,3)4/h10-11,15H,5-9H2,1-4H3. The molecule has 0 aromatic heterocycles. The fourth-order valence-electron chi connectivity index (χ4n) is 2.11. The van der Waals surface area contributed by atoms with Crippen molar-refractivity contribution in [1.29, 1.82) is 0 Å². The van der Waals surface area contributed by atoms with Gasteiger partial charge >= 0.3 is 6.09 Å². The molecule has 2 unspecified atom stereocenters. The van der Waals surface area contributed by atoms with Crippen molar-refractivity contribution in [1.82, 2.24) is 4.90 Å². The maximum atomic E-state index is 12.0. The molecule has 0 saturated carbocycles. The second-order valence-electron chi connectivity index (χ2n) is 5.94. The van der Waals surface area contributed by atoms with Crippen LogP contribution in [0.4, 0.5) is 4.79 Å². The summed E-state index contributed by atoms with van der Waals surface area (Å²) in [4.78, 5) is 13.7. The lowest BCUT2D eigenvalue weighted by Crippen LogP contribution is -2.48. The molecule has 5 heteroatoms. The van der Waals surface area contributed by atoms with Gasteiger partial charge in [0, 0.05) is 6.54 Å². The fourth-order valence-corrected chi connectivity index (χ4v) is 2.11. The first kappa shape index (κ1) is 15.2. The molecule has 106 valence electrons. The Morgan fingerprint density at radius 3 is 2.61 bits per heavy atom. The van der Waals surface area contributed by atoms with Crippen LogP contribution in [0.1, 0.15) is 34.1 Å². The third-order valence-electron chi connectivity index (χ3n) is 2.72. The minimum atomic E-state index is -0.473. The zero-order valence-corrected chi connectivity index (χ0v) is 11.8. The lowest BCUT2D eigenvalue weighted by atomic mass is 9.98. The molecular weight excluding hydrogens is 234 g/mol. The van der Waals surface area contributed by atoms with Crippen molar-refractivity contribution in [3.63, 3.8) is 0 Å². The zero-order chi connectivity index (χ0) is 13.8. The van der Waals surface area contributed by atoms with Gasteiger partial charge in [-0.1, -0.05) is 6.92 Å². The number of rotatable bonds is 3. The topological polar surface area (TPSA) is 59.0 Å². The van der Waals surface area contributed by atoms with E-state index in [1.54, 1.807) is 4.90 Å². The van der Waals surface area contributed by atoms with E-state index >= 15 is 0 Å². The lowest BCUT2D eigenvalue weighted by molar-refractivity contribution is -0.0392. The summed E-state index contributed by atoms with van der Waals surface area (Å²) >= 11 is 0. The van der Waals surface area contributed by atoms with Crippen molar-refractivity contribution in [2.45, 2.75) is 45.8 Å². The van der Waals surface area contributed by atoms with Crippen LogP contribution in [0.25, 0.3) is 0 Å². The van der Waals surface area contributed by atoms with Gasteiger partial charge in [0.25, 0.3) is 0 Å². The summed E-state index contributed by atoms with van der Waals surface area (Å²) in [7, 11) is 0. The maximum Gasteiger partial charge on any atom is 0.410 e. The Hall–Kier alpha value is -0.810. The van der Waals surface area contributed by atoms with E-state index in [0.29, 0.717) is 25.6 Å². The van der Waals surface area contributed by atoms with Crippen LogP contribution in [0, 0.1) is 5.92 Å². The first-order valence-corrected chi connectivity index (χ1v) is 6.52. The third-order valence-corrected chi connectivity index (χ3v) is 2.72. The summed E-state index contributed by atoms with van der Waals surface area (Å²) in [5, 5.41) is 8.76. The number of hydrogen-bond donors (Lipinski definition) is 1. The van der Waals surface area contributed by atoms with E-state index in [1.165, 1.54) is 0 Å². The monoisotopic (exact) mass is 259 g/mol. The molecule has 1 amide bonds. The van der Waals surface area contributed by atoms with E-state index in [2.05, 4.69) is 6.92 Å². The van der Waals surface area contributed by atoms with E-state index in [1.807, 2.05) is 20.8 Å². The number of likely N-dealkylation sites (tertiary alicyclic amines) is 1. The van der Waals surface area contributed by atoms with Gasteiger partial charge in [0.05, 0.1) is 25.9 Å². The summed E-state index contributed by atoms with van der Waals surface area (Å²) in [5.74, 6) is 0.384. The van der Waals surface area contributed by atoms with Gasteiger partial charge in [0.1, 0.15) is 5.60 Å². The van der Waals surface area contributed by atoms with Crippen molar-refractivity contribution in [3.05, 3.63) is 0 Å². The number of aliphatic hydroxyl groups excluding tert-OH is 1. The van der Waals surface area contributed by atoms with Crippen molar-refractivity contribution < 1.29 is 19.4 Å². The molecule has 18 heavy (non-hydrogen) atoms. The number of amides is 1. The normalized spacial score (nSPS) is 25.1. The van der Waals surface area contributed by atoms with Crippen LogP contribution in [-0.4, -0.2) is 54.1 Å². The molecule has 1 fully saturated rings. The largest absolute Gasteiger partial charge is 0.444 e. The van der Waals surface area contributed by atoms with Gasteiger partial charge in [0.2, 0.25) is 0 Å². The molecule has 0 aliphatic carbocycles. The third kappa shape index (κ3) is 5.23. The highest BCUT2D eigenvalue weighted by Crippen LogP contribution is 2.21. The fraction of sp³-hybridized carbons (Fsp3) is 0.923.